The highest BCUT2D eigenvalue weighted by Gasteiger charge is 2.21. The molecule has 10 heteroatoms. The Hall–Kier alpha value is -3.14. The van der Waals surface area contributed by atoms with Crippen molar-refractivity contribution < 1.29 is 18.1 Å². The number of anilines is 2. The van der Waals surface area contributed by atoms with Gasteiger partial charge in [-0.15, -0.1) is 0 Å². The Morgan fingerprint density at radius 2 is 1.87 bits per heavy atom. The van der Waals surface area contributed by atoms with Crippen LogP contribution in [0.4, 0.5) is 17.1 Å². The van der Waals surface area contributed by atoms with Crippen LogP contribution in [0.3, 0.4) is 0 Å². The third-order valence-corrected chi connectivity index (χ3v) is 5.65. The van der Waals surface area contributed by atoms with Crippen LogP contribution < -0.4 is 14.9 Å². The highest BCUT2D eigenvalue weighted by molar-refractivity contribution is 7.92. The molecule has 2 rings (SSSR count). The summed E-state index contributed by atoms with van der Waals surface area (Å²) in [6.45, 7) is 6.04. The van der Waals surface area contributed by atoms with E-state index in [4.69, 9.17) is 4.74 Å². The van der Waals surface area contributed by atoms with Gasteiger partial charge in [-0.1, -0.05) is 13.8 Å². The van der Waals surface area contributed by atoms with Gasteiger partial charge >= 0.3 is 0 Å². The van der Waals surface area contributed by atoms with Crippen molar-refractivity contribution in [3.8, 4) is 5.75 Å². The van der Waals surface area contributed by atoms with Crippen molar-refractivity contribution in [2.24, 2.45) is 11.0 Å². The first kappa shape index (κ1) is 23.1. The minimum absolute atomic E-state index is 0.118. The van der Waals surface area contributed by atoms with Crippen molar-refractivity contribution in [1.29, 1.82) is 0 Å². The van der Waals surface area contributed by atoms with Crippen LogP contribution in [0.2, 0.25) is 0 Å². The predicted molar refractivity (Wildman–Crippen MR) is 118 cm³/mol. The van der Waals surface area contributed by atoms with Gasteiger partial charge in [-0.2, -0.15) is 5.10 Å². The topological polar surface area (TPSA) is 123 Å². The number of benzene rings is 2. The van der Waals surface area contributed by atoms with E-state index in [2.05, 4.69) is 29.1 Å². The lowest BCUT2D eigenvalue weighted by atomic mass is 10.1. The van der Waals surface area contributed by atoms with E-state index in [0.29, 0.717) is 17.4 Å². The second kappa shape index (κ2) is 10.1. The first-order valence-electron chi connectivity index (χ1n) is 9.37. The molecular weight excluding hydrogens is 408 g/mol. The SMILES string of the molecule is COc1ccc(NS(=O)(=O)c2ccc(NN=C(C)CCC(C)C)c([N+](=O)[O-])c2)cc1. The summed E-state index contributed by atoms with van der Waals surface area (Å²) in [6.07, 6.45) is 1.71. The Morgan fingerprint density at radius 1 is 1.20 bits per heavy atom. The van der Waals surface area contributed by atoms with Crippen molar-refractivity contribution >= 4 is 32.8 Å². The second-order valence-corrected chi connectivity index (χ2v) is 8.84. The summed E-state index contributed by atoms with van der Waals surface area (Å²) in [7, 11) is -2.51. The second-order valence-electron chi connectivity index (χ2n) is 7.16. The zero-order valence-electron chi connectivity index (χ0n) is 17.4. The number of nitrogens with zero attached hydrogens (tertiary/aromatic N) is 2. The molecule has 0 atom stereocenters. The highest BCUT2D eigenvalue weighted by Crippen LogP contribution is 2.29. The van der Waals surface area contributed by atoms with E-state index in [0.717, 1.165) is 24.6 Å². The molecule has 0 aliphatic rings. The number of hydrogen-bond donors (Lipinski definition) is 2. The van der Waals surface area contributed by atoms with Crippen LogP contribution in [0, 0.1) is 16.0 Å². The lowest BCUT2D eigenvalue weighted by Gasteiger charge is -2.10. The molecule has 0 amide bonds. The van der Waals surface area contributed by atoms with Gasteiger partial charge < -0.3 is 4.74 Å². The number of rotatable bonds is 10. The summed E-state index contributed by atoms with van der Waals surface area (Å²) in [5.41, 5.74) is 3.53. The molecule has 0 aliphatic carbocycles. The Bertz CT molecular complexity index is 1020. The minimum Gasteiger partial charge on any atom is -0.497 e. The van der Waals surface area contributed by atoms with Crippen LogP contribution in [0.15, 0.2) is 52.5 Å². The van der Waals surface area contributed by atoms with E-state index in [1.807, 2.05) is 6.92 Å². The molecule has 0 unspecified atom stereocenters. The van der Waals surface area contributed by atoms with E-state index < -0.39 is 14.9 Å². The van der Waals surface area contributed by atoms with Crippen LogP contribution >= 0.6 is 0 Å². The molecule has 0 saturated heterocycles. The summed E-state index contributed by atoms with van der Waals surface area (Å²) in [5, 5.41) is 15.6. The molecule has 30 heavy (non-hydrogen) atoms. The number of sulfonamides is 1. The van der Waals surface area contributed by atoms with Gasteiger partial charge in [-0.25, -0.2) is 8.42 Å². The molecule has 0 aromatic heterocycles. The third-order valence-electron chi connectivity index (χ3n) is 4.27. The smallest absolute Gasteiger partial charge is 0.295 e. The summed E-state index contributed by atoms with van der Waals surface area (Å²) in [6, 6.07) is 9.91. The Labute approximate surface area is 176 Å². The van der Waals surface area contributed by atoms with Crippen molar-refractivity contribution in [3.05, 3.63) is 52.6 Å². The number of nitro groups is 1. The van der Waals surface area contributed by atoms with Crippen LogP contribution in [-0.2, 0) is 10.0 Å². The summed E-state index contributed by atoms with van der Waals surface area (Å²) < 4.78 is 32.7. The average molecular weight is 435 g/mol. The number of ether oxygens (including phenoxy) is 1. The number of hydrogen-bond acceptors (Lipinski definition) is 7. The fraction of sp³-hybridized carbons (Fsp3) is 0.350. The van der Waals surface area contributed by atoms with Crippen LogP contribution in [0.1, 0.15) is 33.6 Å². The zero-order chi connectivity index (χ0) is 22.3. The largest absolute Gasteiger partial charge is 0.497 e. The van der Waals surface area contributed by atoms with E-state index in [1.165, 1.54) is 31.4 Å². The Kier molecular flexibility index (Phi) is 7.76. The quantitative estimate of drug-likeness (QED) is 0.319. The molecule has 0 aliphatic heterocycles. The van der Waals surface area contributed by atoms with E-state index in [-0.39, 0.29) is 16.3 Å². The average Bonchev–Trinajstić information content (AvgIpc) is 2.70. The van der Waals surface area contributed by atoms with Crippen molar-refractivity contribution in [1.82, 2.24) is 0 Å². The minimum atomic E-state index is -4.01. The normalized spacial score (nSPS) is 12.0. The molecule has 2 N–H and O–H groups in total. The summed E-state index contributed by atoms with van der Waals surface area (Å²) in [4.78, 5) is 10.6. The summed E-state index contributed by atoms with van der Waals surface area (Å²) >= 11 is 0. The van der Waals surface area contributed by atoms with Gasteiger partial charge in [0, 0.05) is 17.5 Å². The predicted octanol–water partition coefficient (Wildman–Crippen LogP) is 4.63. The van der Waals surface area contributed by atoms with E-state index in [1.54, 1.807) is 12.1 Å². The standard InChI is InChI=1S/C20H26N4O5S/c1-14(2)5-6-15(3)21-22-19-12-11-18(13-20(19)24(25)26)30(27,28)23-16-7-9-17(29-4)10-8-16/h7-14,22-23H,5-6H2,1-4H3. The van der Waals surface area contributed by atoms with E-state index >= 15 is 0 Å². The number of nitro benzene ring substituents is 1. The fourth-order valence-electron chi connectivity index (χ4n) is 2.51. The Balaban J connectivity index is 2.24. The maximum absolute atomic E-state index is 12.6. The van der Waals surface area contributed by atoms with Crippen molar-refractivity contribution in [3.63, 3.8) is 0 Å². The lowest BCUT2D eigenvalue weighted by molar-refractivity contribution is -0.384. The van der Waals surface area contributed by atoms with E-state index in [9.17, 15) is 18.5 Å². The van der Waals surface area contributed by atoms with Gasteiger partial charge in [0.25, 0.3) is 15.7 Å². The van der Waals surface area contributed by atoms with Crippen LogP contribution in [0.25, 0.3) is 0 Å². The number of hydrazone groups is 1. The monoisotopic (exact) mass is 434 g/mol. The van der Waals surface area contributed by atoms with Gasteiger partial charge in [0.05, 0.1) is 16.9 Å². The molecule has 0 heterocycles. The summed E-state index contributed by atoms with van der Waals surface area (Å²) in [5.74, 6) is 1.10. The van der Waals surface area contributed by atoms with Gasteiger partial charge in [0.1, 0.15) is 11.4 Å². The van der Waals surface area contributed by atoms with Gasteiger partial charge in [0.2, 0.25) is 0 Å². The van der Waals surface area contributed by atoms with Crippen molar-refractivity contribution in [2.45, 2.75) is 38.5 Å². The molecule has 162 valence electrons. The molecular formula is C20H26N4O5S. The van der Waals surface area contributed by atoms with Crippen molar-refractivity contribution in [2.75, 3.05) is 17.3 Å². The maximum atomic E-state index is 12.6. The Morgan fingerprint density at radius 3 is 2.43 bits per heavy atom. The van der Waals surface area contributed by atoms with Gasteiger partial charge in [-0.3, -0.25) is 20.3 Å². The highest BCUT2D eigenvalue weighted by atomic mass is 32.2. The molecule has 2 aromatic rings. The lowest BCUT2D eigenvalue weighted by Crippen LogP contribution is -2.13. The number of methoxy groups -OCH3 is 1. The molecule has 9 nitrogen and oxygen atoms in total. The first-order valence-corrected chi connectivity index (χ1v) is 10.8. The van der Waals surface area contributed by atoms with Gasteiger partial charge in [-0.05, 0) is 62.1 Å². The first-order chi connectivity index (χ1) is 14.1. The maximum Gasteiger partial charge on any atom is 0.295 e. The van der Waals surface area contributed by atoms with Crippen LogP contribution in [-0.4, -0.2) is 26.2 Å². The van der Waals surface area contributed by atoms with Gasteiger partial charge in [0.15, 0.2) is 0 Å². The molecule has 2 aromatic carbocycles. The molecule has 0 radical (unpaired) electrons. The van der Waals surface area contributed by atoms with Crippen LogP contribution in [0.5, 0.6) is 5.75 Å². The fourth-order valence-corrected chi connectivity index (χ4v) is 3.58. The molecule has 0 fully saturated rings. The molecule has 0 bridgehead atoms. The third kappa shape index (κ3) is 6.45. The molecule has 0 spiro atoms. The number of nitrogens with one attached hydrogen (secondary N) is 2. The molecule has 0 saturated carbocycles. The zero-order valence-corrected chi connectivity index (χ0v) is 18.2.